The Labute approximate surface area is 123 Å². The average molecular weight is 304 g/mol. The number of unbranched alkanes of at least 4 members (excludes halogenated alkanes) is 1. The molecule has 0 fully saturated rings. The van der Waals surface area contributed by atoms with Gasteiger partial charge < -0.3 is 16.2 Å². The summed E-state index contributed by atoms with van der Waals surface area (Å²) < 4.78 is 0. The molecule has 0 radical (unpaired) electrons. The first kappa shape index (κ1) is 18.9. The molecule has 0 aliphatic heterocycles. The minimum atomic E-state index is -1.00. The minimum Gasteiger partial charge on any atom is -0.480 e. The van der Waals surface area contributed by atoms with Crippen molar-refractivity contribution in [2.24, 2.45) is 5.73 Å². The van der Waals surface area contributed by atoms with Crippen molar-refractivity contribution in [1.29, 1.82) is 0 Å². The van der Waals surface area contributed by atoms with Crippen LogP contribution in [0.2, 0.25) is 0 Å². The highest BCUT2D eigenvalue weighted by molar-refractivity contribution is 8.13. The van der Waals surface area contributed by atoms with Crippen molar-refractivity contribution in [3.63, 3.8) is 0 Å². The van der Waals surface area contributed by atoms with Gasteiger partial charge in [0.1, 0.15) is 6.04 Å². The van der Waals surface area contributed by atoms with Gasteiger partial charge in [-0.2, -0.15) is 0 Å². The fourth-order valence-corrected chi connectivity index (χ4v) is 2.11. The lowest BCUT2D eigenvalue weighted by Gasteiger charge is -2.07. The van der Waals surface area contributed by atoms with Gasteiger partial charge in [0.05, 0.1) is 0 Å². The molecule has 0 aromatic rings. The number of hydrogen-bond donors (Lipinski definition) is 3. The van der Waals surface area contributed by atoms with Crippen LogP contribution in [-0.2, 0) is 14.4 Å². The molecular weight excluding hydrogens is 280 g/mol. The Balaban J connectivity index is 3.50. The first-order valence-electron chi connectivity index (χ1n) is 6.88. The van der Waals surface area contributed by atoms with Crippen LogP contribution in [0, 0.1) is 0 Å². The normalized spacial score (nSPS) is 11.9. The number of nitrogens with one attached hydrogen (secondary N) is 1. The second kappa shape index (κ2) is 11.7. The molecule has 0 aliphatic rings. The predicted molar refractivity (Wildman–Crippen MR) is 79.5 cm³/mol. The zero-order chi connectivity index (χ0) is 15.4. The van der Waals surface area contributed by atoms with Crippen molar-refractivity contribution >= 4 is 28.8 Å². The molecule has 0 aliphatic carbocycles. The maximum Gasteiger partial charge on any atom is 0.320 e. The van der Waals surface area contributed by atoms with E-state index in [4.69, 9.17) is 10.8 Å². The molecule has 0 rings (SSSR count). The minimum absolute atomic E-state index is 0.0504. The van der Waals surface area contributed by atoms with E-state index in [1.807, 2.05) is 6.92 Å². The van der Waals surface area contributed by atoms with E-state index >= 15 is 0 Å². The Bertz CT molecular complexity index is 323. The van der Waals surface area contributed by atoms with Crippen molar-refractivity contribution in [1.82, 2.24) is 5.32 Å². The molecule has 0 saturated carbocycles. The molecule has 0 unspecified atom stereocenters. The number of hydrogen-bond acceptors (Lipinski definition) is 5. The molecule has 20 heavy (non-hydrogen) atoms. The molecule has 7 heteroatoms. The van der Waals surface area contributed by atoms with Crippen LogP contribution in [0.4, 0.5) is 0 Å². The lowest BCUT2D eigenvalue weighted by molar-refractivity contribution is -0.138. The largest absolute Gasteiger partial charge is 0.480 e. The molecule has 0 heterocycles. The molecule has 0 aromatic heterocycles. The molecule has 0 saturated heterocycles. The third kappa shape index (κ3) is 10.8. The third-order valence-electron chi connectivity index (χ3n) is 2.60. The van der Waals surface area contributed by atoms with Gasteiger partial charge in [-0.3, -0.25) is 14.4 Å². The van der Waals surface area contributed by atoms with Gasteiger partial charge in [-0.15, -0.1) is 0 Å². The Morgan fingerprint density at radius 2 is 1.95 bits per heavy atom. The van der Waals surface area contributed by atoms with Crippen LogP contribution in [0.15, 0.2) is 0 Å². The number of carboxylic acids is 1. The maximum absolute atomic E-state index is 11.4. The van der Waals surface area contributed by atoms with Crippen molar-refractivity contribution < 1.29 is 19.5 Å². The summed E-state index contributed by atoms with van der Waals surface area (Å²) >= 11 is 1.27. The van der Waals surface area contributed by atoms with Gasteiger partial charge in [-0.25, -0.2) is 0 Å². The van der Waals surface area contributed by atoms with E-state index in [9.17, 15) is 14.4 Å². The van der Waals surface area contributed by atoms with E-state index in [0.717, 1.165) is 12.2 Å². The summed E-state index contributed by atoms with van der Waals surface area (Å²) in [5.41, 5.74) is 5.35. The topological polar surface area (TPSA) is 109 Å². The van der Waals surface area contributed by atoms with Gasteiger partial charge in [-0.05, 0) is 25.7 Å². The smallest absolute Gasteiger partial charge is 0.320 e. The zero-order valence-electron chi connectivity index (χ0n) is 11.9. The maximum atomic E-state index is 11.4. The second-order valence-electron chi connectivity index (χ2n) is 4.51. The highest BCUT2D eigenvalue weighted by atomic mass is 32.2. The van der Waals surface area contributed by atoms with Crippen LogP contribution in [0.3, 0.4) is 0 Å². The van der Waals surface area contributed by atoms with Crippen molar-refractivity contribution in [2.75, 3.05) is 12.3 Å². The summed E-state index contributed by atoms with van der Waals surface area (Å²) in [6, 6.07) is -0.834. The highest BCUT2D eigenvalue weighted by Gasteiger charge is 2.10. The number of nitrogens with two attached hydrogens (primary N) is 1. The van der Waals surface area contributed by atoms with E-state index < -0.39 is 12.0 Å². The van der Waals surface area contributed by atoms with Crippen LogP contribution in [0.1, 0.15) is 45.4 Å². The summed E-state index contributed by atoms with van der Waals surface area (Å²) in [4.78, 5) is 33.2. The summed E-state index contributed by atoms with van der Waals surface area (Å²) in [6.07, 6.45) is 3.16. The molecule has 1 amide bonds. The van der Waals surface area contributed by atoms with E-state index in [1.54, 1.807) is 0 Å². The van der Waals surface area contributed by atoms with Crippen LogP contribution in [0.25, 0.3) is 0 Å². The van der Waals surface area contributed by atoms with Gasteiger partial charge >= 0.3 is 5.97 Å². The van der Waals surface area contributed by atoms with Crippen LogP contribution in [0.5, 0.6) is 0 Å². The monoisotopic (exact) mass is 304 g/mol. The Kier molecular flexibility index (Phi) is 11.1. The number of amides is 1. The van der Waals surface area contributed by atoms with Crippen molar-refractivity contribution in [3.8, 4) is 0 Å². The fraction of sp³-hybridized carbons (Fsp3) is 0.769. The lowest BCUT2D eigenvalue weighted by atomic mass is 10.1. The number of thioether (sulfide) groups is 1. The summed E-state index contributed by atoms with van der Waals surface area (Å²) in [5, 5.41) is 11.3. The average Bonchev–Trinajstić information content (AvgIpc) is 2.41. The third-order valence-corrected chi connectivity index (χ3v) is 3.74. The first-order chi connectivity index (χ1) is 9.47. The summed E-state index contributed by atoms with van der Waals surface area (Å²) in [7, 11) is 0. The van der Waals surface area contributed by atoms with E-state index in [-0.39, 0.29) is 23.9 Å². The first-order valence-corrected chi connectivity index (χ1v) is 7.86. The quantitative estimate of drug-likeness (QED) is 0.494. The van der Waals surface area contributed by atoms with Gasteiger partial charge in [0.15, 0.2) is 5.12 Å². The van der Waals surface area contributed by atoms with Crippen LogP contribution in [-0.4, -0.2) is 40.4 Å². The van der Waals surface area contributed by atoms with Gasteiger partial charge in [-0.1, -0.05) is 18.7 Å². The molecule has 0 bridgehead atoms. The second-order valence-corrected chi connectivity index (χ2v) is 5.66. The standard InChI is InChI=1S/C13H24N2O4S/c1-2-9-20-12(17)7-6-11(16)15-8-4-3-5-10(14)13(18)19/h10H,2-9,14H2,1H3,(H,15,16)(H,18,19)/t10-/m0/s1. The van der Waals surface area contributed by atoms with Crippen LogP contribution >= 0.6 is 11.8 Å². The van der Waals surface area contributed by atoms with Gasteiger partial charge in [0.2, 0.25) is 5.91 Å². The van der Waals surface area contributed by atoms with Gasteiger partial charge in [0, 0.05) is 25.1 Å². The highest BCUT2D eigenvalue weighted by Crippen LogP contribution is 2.08. The van der Waals surface area contributed by atoms with E-state index in [1.165, 1.54) is 11.8 Å². The van der Waals surface area contributed by atoms with Gasteiger partial charge in [0.25, 0.3) is 0 Å². The summed E-state index contributed by atoms with van der Waals surface area (Å²) in [6.45, 7) is 2.49. The van der Waals surface area contributed by atoms with Crippen LogP contribution < -0.4 is 11.1 Å². The molecule has 116 valence electrons. The summed E-state index contributed by atoms with van der Waals surface area (Å²) in [5.74, 6) is -0.348. The Hall–Kier alpha value is -1.08. The van der Waals surface area contributed by atoms with E-state index in [2.05, 4.69) is 5.32 Å². The lowest BCUT2D eigenvalue weighted by Crippen LogP contribution is -2.30. The predicted octanol–water partition coefficient (Wildman–Crippen LogP) is 1.13. The van der Waals surface area contributed by atoms with Crippen molar-refractivity contribution in [3.05, 3.63) is 0 Å². The molecule has 1 atom stereocenters. The Morgan fingerprint density at radius 1 is 1.25 bits per heavy atom. The number of aliphatic carboxylic acids is 1. The number of carbonyl (C=O) groups is 3. The molecule has 4 N–H and O–H groups in total. The molecule has 0 spiro atoms. The molecule has 0 aromatic carbocycles. The van der Waals surface area contributed by atoms with Crippen molar-refractivity contribution in [2.45, 2.75) is 51.5 Å². The number of carbonyl (C=O) groups excluding carboxylic acids is 2. The zero-order valence-corrected chi connectivity index (χ0v) is 12.7. The SMILES string of the molecule is CCCSC(=O)CCC(=O)NCCCC[C@H](N)C(=O)O. The number of carboxylic acid groups (broad SMARTS) is 1. The Morgan fingerprint density at radius 3 is 2.55 bits per heavy atom. The van der Waals surface area contributed by atoms with E-state index in [0.29, 0.717) is 25.8 Å². The number of rotatable bonds is 11. The molecule has 6 nitrogen and oxygen atoms in total. The fourth-order valence-electron chi connectivity index (χ4n) is 1.43. The molecular formula is C13H24N2O4S.